The van der Waals surface area contributed by atoms with E-state index in [1.54, 1.807) is 31.2 Å². The number of benzene rings is 1. The summed E-state index contributed by atoms with van der Waals surface area (Å²) in [5, 5.41) is 9.88. The molecule has 1 aromatic carbocycles. The third kappa shape index (κ3) is 1.92. The van der Waals surface area contributed by atoms with E-state index in [0.29, 0.717) is 5.56 Å². The number of hydrogen-bond acceptors (Lipinski definition) is 6. The number of carbonyl (C=O) groups is 1. The number of thiophene rings is 1. The number of carboxylic acids is 1. The molecule has 1 unspecified atom stereocenters. The second-order valence-electron chi connectivity index (χ2n) is 4.41. The van der Waals surface area contributed by atoms with Crippen molar-refractivity contribution >= 4 is 37.2 Å². The fourth-order valence-electron chi connectivity index (χ4n) is 1.89. The van der Waals surface area contributed by atoms with Crippen LogP contribution in [0.4, 0.5) is 0 Å². The molecule has 20 heavy (non-hydrogen) atoms. The molecular weight excluding hydrogens is 300 g/mol. The van der Waals surface area contributed by atoms with E-state index in [-0.39, 0.29) is 4.21 Å². The van der Waals surface area contributed by atoms with Gasteiger partial charge in [-0.25, -0.2) is 13.2 Å². The molecule has 8 heteroatoms. The van der Waals surface area contributed by atoms with E-state index in [2.05, 4.69) is 0 Å². The van der Waals surface area contributed by atoms with Crippen LogP contribution in [0.2, 0.25) is 0 Å². The Morgan fingerprint density at radius 1 is 1.40 bits per heavy atom. The van der Waals surface area contributed by atoms with Gasteiger partial charge in [-0.2, -0.15) is 0 Å². The number of rotatable bonds is 4. The van der Waals surface area contributed by atoms with E-state index in [1.807, 2.05) is 0 Å². The first-order chi connectivity index (χ1) is 9.25. The van der Waals surface area contributed by atoms with Crippen LogP contribution < -0.4 is 11.5 Å². The molecular formula is C12H14N2O4S2. The van der Waals surface area contributed by atoms with Crippen molar-refractivity contribution in [3.8, 4) is 0 Å². The van der Waals surface area contributed by atoms with Gasteiger partial charge < -0.3 is 16.6 Å². The minimum Gasteiger partial charge on any atom is -0.479 e. The summed E-state index contributed by atoms with van der Waals surface area (Å²) in [6.07, 6.45) is 0. The lowest BCUT2D eigenvalue weighted by molar-refractivity contribution is -0.139. The highest BCUT2D eigenvalue weighted by atomic mass is 32.2. The fraction of sp³-hybridized carbons (Fsp3) is 0.250. The van der Waals surface area contributed by atoms with E-state index in [4.69, 9.17) is 16.6 Å². The van der Waals surface area contributed by atoms with Crippen LogP contribution in [-0.2, 0) is 14.6 Å². The number of sulfone groups is 1. The summed E-state index contributed by atoms with van der Waals surface area (Å²) in [5.41, 5.74) is 11.3. The molecule has 0 saturated heterocycles. The molecule has 1 heterocycles. The molecule has 0 amide bonds. The zero-order chi connectivity index (χ0) is 15.1. The van der Waals surface area contributed by atoms with Crippen molar-refractivity contribution in [2.24, 2.45) is 11.5 Å². The molecule has 0 radical (unpaired) electrons. The number of carboxylic acid groups (broad SMARTS) is 1. The lowest BCUT2D eigenvalue weighted by atomic mass is 10.2. The van der Waals surface area contributed by atoms with Crippen molar-refractivity contribution in [1.82, 2.24) is 0 Å². The van der Waals surface area contributed by atoms with E-state index >= 15 is 0 Å². The maximum Gasteiger partial charge on any atom is 0.341 e. The Morgan fingerprint density at radius 3 is 2.50 bits per heavy atom. The zero-order valence-electron chi connectivity index (χ0n) is 10.7. The molecule has 0 fully saturated rings. The van der Waals surface area contributed by atoms with Gasteiger partial charge in [0.25, 0.3) is 0 Å². The second kappa shape index (κ2) is 4.81. The van der Waals surface area contributed by atoms with E-state index < -0.39 is 27.2 Å². The monoisotopic (exact) mass is 314 g/mol. The standard InChI is InChI=1S/C12H14N2O4S2/c1-7-8-4-2-3-5-9(8)19-10(7)20(17,18)12(14,6-13)11(15)16/h2-5H,6,13-14H2,1H3,(H,15,16). The number of nitrogens with two attached hydrogens (primary N) is 2. The number of aliphatic carboxylic acids is 1. The highest BCUT2D eigenvalue weighted by molar-refractivity contribution is 7.95. The molecule has 5 N–H and O–H groups in total. The van der Waals surface area contributed by atoms with Crippen molar-refractivity contribution in [2.75, 3.05) is 6.54 Å². The average Bonchev–Trinajstić information content (AvgIpc) is 2.76. The number of fused-ring (bicyclic) bond motifs is 1. The summed E-state index contributed by atoms with van der Waals surface area (Å²) in [4.78, 5) is 8.70. The van der Waals surface area contributed by atoms with Gasteiger partial charge in [0.05, 0.1) is 0 Å². The molecule has 0 spiro atoms. The van der Waals surface area contributed by atoms with Gasteiger partial charge in [0.1, 0.15) is 4.21 Å². The molecule has 1 atom stereocenters. The SMILES string of the molecule is Cc1c(S(=O)(=O)C(N)(CN)C(=O)O)sc2ccccc12. The first-order valence-corrected chi connectivity index (χ1v) is 8.01. The normalized spacial score (nSPS) is 15.2. The van der Waals surface area contributed by atoms with Crippen molar-refractivity contribution < 1.29 is 18.3 Å². The Bertz CT molecular complexity index is 782. The Kier molecular flexibility index (Phi) is 3.59. The highest BCUT2D eigenvalue weighted by Gasteiger charge is 2.49. The number of hydrogen-bond donors (Lipinski definition) is 3. The van der Waals surface area contributed by atoms with Gasteiger partial charge in [-0.05, 0) is 23.9 Å². The molecule has 0 aliphatic carbocycles. The molecule has 2 aromatic rings. The Balaban J connectivity index is 2.75. The summed E-state index contributed by atoms with van der Waals surface area (Å²) < 4.78 is 25.8. The quantitative estimate of drug-likeness (QED) is 0.762. The summed E-state index contributed by atoms with van der Waals surface area (Å²) in [6.45, 7) is 0.933. The van der Waals surface area contributed by atoms with Gasteiger partial charge in [0.15, 0.2) is 0 Å². The van der Waals surface area contributed by atoms with Crippen molar-refractivity contribution in [3.63, 3.8) is 0 Å². The Labute approximate surface area is 119 Å². The zero-order valence-corrected chi connectivity index (χ0v) is 12.3. The third-order valence-electron chi connectivity index (χ3n) is 3.19. The molecule has 0 saturated carbocycles. The van der Waals surface area contributed by atoms with Gasteiger partial charge in [-0.1, -0.05) is 18.2 Å². The lowest BCUT2D eigenvalue weighted by Crippen LogP contribution is -2.59. The van der Waals surface area contributed by atoms with Crippen molar-refractivity contribution in [3.05, 3.63) is 29.8 Å². The largest absolute Gasteiger partial charge is 0.479 e. The van der Waals surface area contributed by atoms with Crippen molar-refractivity contribution in [2.45, 2.75) is 16.0 Å². The van der Waals surface area contributed by atoms with E-state index in [0.717, 1.165) is 21.4 Å². The van der Waals surface area contributed by atoms with Crippen LogP contribution in [0.15, 0.2) is 28.5 Å². The molecule has 0 aliphatic heterocycles. The van der Waals surface area contributed by atoms with Crippen LogP contribution in [0.25, 0.3) is 10.1 Å². The maximum absolute atomic E-state index is 12.5. The summed E-state index contributed by atoms with van der Waals surface area (Å²) >= 11 is 1.00. The van der Waals surface area contributed by atoms with Gasteiger partial charge in [-0.3, -0.25) is 0 Å². The maximum atomic E-state index is 12.5. The van der Waals surface area contributed by atoms with Gasteiger partial charge in [-0.15, -0.1) is 11.3 Å². The van der Waals surface area contributed by atoms with Crippen LogP contribution in [0, 0.1) is 6.92 Å². The summed E-state index contributed by atoms with van der Waals surface area (Å²) in [5.74, 6) is -1.66. The first kappa shape index (κ1) is 14.9. The number of aryl methyl sites for hydroxylation is 1. The molecule has 0 bridgehead atoms. The lowest BCUT2D eigenvalue weighted by Gasteiger charge is -2.22. The average molecular weight is 314 g/mol. The highest BCUT2D eigenvalue weighted by Crippen LogP contribution is 2.37. The molecule has 6 nitrogen and oxygen atoms in total. The molecule has 108 valence electrons. The fourth-order valence-corrected chi connectivity index (χ4v) is 5.27. The molecule has 2 rings (SSSR count). The summed E-state index contributed by atoms with van der Waals surface area (Å²) in [6, 6.07) is 7.12. The van der Waals surface area contributed by atoms with E-state index in [1.165, 1.54) is 0 Å². The van der Waals surface area contributed by atoms with Crippen LogP contribution in [0.3, 0.4) is 0 Å². The Morgan fingerprint density at radius 2 is 2.00 bits per heavy atom. The van der Waals surface area contributed by atoms with E-state index in [9.17, 15) is 13.2 Å². The molecule has 1 aromatic heterocycles. The summed E-state index contributed by atoms with van der Waals surface area (Å²) in [7, 11) is -4.27. The van der Waals surface area contributed by atoms with Crippen molar-refractivity contribution in [1.29, 1.82) is 0 Å². The van der Waals surface area contributed by atoms with Gasteiger partial charge in [0.2, 0.25) is 14.7 Å². The van der Waals surface area contributed by atoms with Gasteiger partial charge >= 0.3 is 5.97 Å². The predicted molar refractivity (Wildman–Crippen MR) is 77.4 cm³/mol. The van der Waals surface area contributed by atoms with Crippen LogP contribution in [-0.4, -0.2) is 30.9 Å². The second-order valence-corrected chi connectivity index (χ2v) is 7.87. The van der Waals surface area contributed by atoms with Crippen LogP contribution in [0.5, 0.6) is 0 Å². The third-order valence-corrected chi connectivity index (χ3v) is 7.26. The Hall–Kier alpha value is -1.48. The molecule has 0 aliphatic rings. The minimum atomic E-state index is -4.27. The minimum absolute atomic E-state index is 0.0472. The van der Waals surface area contributed by atoms with Crippen LogP contribution >= 0.6 is 11.3 Å². The predicted octanol–water partition coefficient (Wildman–Crippen LogP) is 0.682. The topological polar surface area (TPSA) is 123 Å². The first-order valence-electron chi connectivity index (χ1n) is 5.71. The van der Waals surface area contributed by atoms with Gasteiger partial charge in [0, 0.05) is 11.2 Å². The smallest absolute Gasteiger partial charge is 0.341 e. The van der Waals surface area contributed by atoms with Crippen LogP contribution in [0.1, 0.15) is 5.56 Å².